The second-order valence-corrected chi connectivity index (χ2v) is 8.94. The monoisotopic (exact) mass is 395 g/mol. The third kappa shape index (κ3) is 5.80. The minimum absolute atomic E-state index is 0.0677. The highest BCUT2D eigenvalue weighted by molar-refractivity contribution is 5.81. The third-order valence-electron chi connectivity index (χ3n) is 5.53. The van der Waals surface area contributed by atoms with E-state index in [0.29, 0.717) is 5.92 Å². The van der Waals surface area contributed by atoms with Crippen LogP contribution in [0.15, 0.2) is 48.7 Å². The highest BCUT2D eigenvalue weighted by atomic mass is 16.5. The first-order valence-electron chi connectivity index (χ1n) is 10.4. The van der Waals surface area contributed by atoms with Crippen molar-refractivity contribution >= 4 is 5.91 Å². The Bertz CT molecular complexity index is 801. The van der Waals surface area contributed by atoms with Gasteiger partial charge in [-0.25, -0.2) is 0 Å². The van der Waals surface area contributed by atoms with E-state index >= 15 is 0 Å². The summed E-state index contributed by atoms with van der Waals surface area (Å²) in [5.74, 6) is 1.29. The normalized spacial score (nSPS) is 18.8. The maximum absolute atomic E-state index is 12.8. The van der Waals surface area contributed by atoms with Crippen molar-refractivity contribution in [3.63, 3.8) is 0 Å². The predicted molar refractivity (Wildman–Crippen MR) is 116 cm³/mol. The van der Waals surface area contributed by atoms with Crippen LogP contribution < -0.4 is 10.1 Å². The predicted octanol–water partition coefficient (Wildman–Crippen LogP) is 4.21. The molecule has 0 unspecified atom stereocenters. The van der Waals surface area contributed by atoms with Crippen LogP contribution in [0.5, 0.6) is 5.75 Å². The van der Waals surface area contributed by atoms with E-state index in [0.717, 1.165) is 43.9 Å². The molecule has 1 aromatic carbocycles. The first-order valence-corrected chi connectivity index (χ1v) is 10.4. The number of nitrogens with zero attached hydrogens (tertiary/aromatic N) is 2. The SMILES string of the molecule is COc1cccc(CN2CCC[C@H]([C@H](NC(=O)C(C)(C)C)c3ccccn3)C2)c1. The van der Waals surface area contributed by atoms with Crippen LogP contribution in [0.25, 0.3) is 0 Å². The molecule has 5 nitrogen and oxygen atoms in total. The number of hydrogen-bond acceptors (Lipinski definition) is 4. The number of rotatable bonds is 6. The molecule has 0 saturated carbocycles. The van der Waals surface area contributed by atoms with Crippen LogP contribution in [0.1, 0.15) is 50.9 Å². The number of carbonyl (C=O) groups excluding carboxylic acids is 1. The standard InChI is InChI=1S/C24H33N3O2/c1-24(2,3)23(28)26-22(21-12-5-6-13-25-21)19-10-8-14-27(17-19)16-18-9-7-11-20(15-18)29-4/h5-7,9,11-13,15,19,22H,8,10,14,16-17H2,1-4H3,(H,26,28)/t19-,22-/m0/s1. The molecule has 0 spiro atoms. The Kier molecular flexibility index (Phi) is 6.91. The highest BCUT2D eigenvalue weighted by Crippen LogP contribution is 2.31. The summed E-state index contributed by atoms with van der Waals surface area (Å²) in [7, 11) is 1.70. The summed E-state index contributed by atoms with van der Waals surface area (Å²) >= 11 is 0. The number of pyridine rings is 1. The van der Waals surface area contributed by atoms with Crippen molar-refractivity contribution in [2.75, 3.05) is 20.2 Å². The summed E-state index contributed by atoms with van der Waals surface area (Å²) in [6.07, 6.45) is 4.01. The van der Waals surface area contributed by atoms with Crippen molar-refractivity contribution < 1.29 is 9.53 Å². The van der Waals surface area contributed by atoms with Gasteiger partial charge in [-0.05, 0) is 55.1 Å². The first kappa shape index (κ1) is 21.3. The number of carbonyl (C=O) groups is 1. The van der Waals surface area contributed by atoms with Crippen molar-refractivity contribution in [3.05, 3.63) is 59.9 Å². The molecular formula is C24H33N3O2. The number of ether oxygens (including phenoxy) is 1. The lowest BCUT2D eigenvalue weighted by atomic mass is 9.86. The number of likely N-dealkylation sites (tertiary alicyclic amines) is 1. The van der Waals surface area contributed by atoms with Crippen molar-refractivity contribution in [1.82, 2.24) is 15.2 Å². The smallest absolute Gasteiger partial charge is 0.225 e. The molecule has 0 radical (unpaired) electrons. The van der Waals surface area contributed by atoms with E-state index in [4.69, 9.17) is 4.74 Å². The summed E-state index contributed by atoms with van der Waals surface area (Å²) in [6, 6.07) is 14.1. The Morgan fingerprint density at radius 3 is 2.79 bits per heavy atom. The summed E-state index contributed by atoms with van der Waals surface area (Å²) in [4.78, 5) is 19.8. The summed E-state index contributed by atoms with van der Waals surface area (Å²) in [5, 5.41) is 3.30. The summed E-state index contributed by atoms with van der Waals surface area (Å²) in [5.41, 5.74) is 1.76. The summed E-state index contributed by atoms with van der Waals surface area (Å²) < 4.78 is 5.36. The van der Waals surface area contributed by atoms with Crippen LogP contribution in [0, 0.1) is 11.3 Å². The molecule has 1 aliphatic rings. The van der Waals surface area contributed by atoms with E-state index in [1.165, 1.54) is 5.56 Å². The summed E-state index contributed by atoms with van der Waals surface area (Å²) in [6.45, 7) is 8.74. The van der Waals surface area contributed by atoms with Crippen LogP contribution in [0.4, 0.5) is 0 Å². The molecule has 2 atom stereocenters. The van der Waals surface area contributed by atoms with Gasteiger partial charge in [0.2, 0.25) is 5.91 Å². The topological polar surface area (TPSA) is 54.5 Å². The number of hydrogen-bond donors (Lipinski definition) is 1. The van der Waals surface area contributed by atoms with E-state index in [1.807, 2.05) is 57.3 Å². The van der Waals surface area contributed by atoms with Crippen molar-refractivity contribution in [1.29, 1.82) is 0 Å². The zero-order chi connectivity index (χ0) is 20.9. The number of piperidine rings is 1. The highest BCUT2D eigenvalue weighted by Gasteiger charge is 2.33. The Balaban J connectivity index is 1.75. The molecule has 156 valence electrons. The molecule has 1 aromatic heterocycles. The lowest BCUT2D eigenvalue weighted by Gasteiger charge is -2.38. The van der Waals surface area contributed by atoms with Crippen molar-refractivity contribution in [2.45, 2.75) is 46.2 Å². The Hall–Kier alpha value is -2.40. The Morgan fingerprint density at radius 1 is 1.28 bits per heavy atom. The average molecular weight is 396 g/mol. The Labute approximate surface area is 174 Å². The molecule has 0 aliphatic carbocycles. The van der Waals surface area contributed by atoms with Gasteiger partial charge >= 0.3 is 0 Å². The third-order valence-corrected chi connectivity index (χ3v) is 5.53. The minimum Gasteiger partial charge on any atom is -0.497 e. The van der Waals surface area contributed by atoms with E-state index in [-0.39, 0.29) is 11.9 Å². The lowest BCUT2D eigenvalue weighted by Crippen LogP contribution is -2.45. The van der Waals surface area contributed by atoms with Crippen molar-refractivity contribution in [2.24, 2.45) is 11.3 Å². The number of aromatic nitrogens is 1. The van der Waals surface area contributed by atoms with Crippen LogP contribution in [-0.2, 0) is 11.3 Å². The molecule has 29 heavy (non-hydrogen) atoms. The molecule has 0 bridgehead atoms. The van der Waals surface area contributed by atoms with E-state index < -0.39 is 5.41 Å². The second-order valence-electron chi connectivity index (χ2n) is 8.94. The zero-order valence-corrected chi connectivity index (χ0v) is 18.0. The van der Waals surface area contributed by atoms with E-state index in [1.54, 1.807) is 7.11 Å². The van der Waals surface area contributed by atoms with Crippen LogP contribution in [-0.4, -0.2) is 36.0 Å². The van der Waals surface area contributed by atoms with Gasteiger partial charge in [0.25, 0.3) is 0 Å². The van der Waals surface area contributed by atoms with Gasteiger partial charge in [0.1, 0.15) is 5.75 Å². The van der Waals surface area contributed by atoms with E-state index in [9.17, 15) is 4.79 Å². The van der Waals surface area contributed by atoms with Gasteiger partial charge in [-0.1, -0.05) is 39.0 Å². The number of benzene rings is 1. The van der Waals surface area contributed by atoms with Gasteiger partial charge in [0, 0.05) is 24.7 Å². The van der Waals surface area contributed by atoms with Gasteiger partial charge in [-0.3, -0.25) is 14.7 Å². The van der Waals surface area contributed by atoms with E-state index in [2.05, 4.69) is 27.3 Å². The minimum atomic E-state index is -0.429. The van der Waals surface area contributed by atoms with Crippen LogP contribution in [0.3, 0.4) is 0 Å². The first-order chi connectivity index (χ1) is 13.9. The molecule has 1 aliphatic heterocycles. The molecule has 2 aromatic rings. The zero-order valence-electron chi connectivity index (χ0n) is 18.0. The average Bonchev–Trinajstić information content (AvgIpc) is 2.72. The quantitative estimate of drug-likeness (QED) is 0.796. The molecule has 1 N–H and O–H groups in total. The van der Waals surface area contributed by atoms with Crippen molar-refractivity contribution in [3.8, 4) is 5.75 Å². The molecule has 1 amide bonds. The molecule has 3 rings (SSSR count). The number of nitrogens with one attached hydrogen (secondary N) is 1. The molecule has 1 fully saturated rings. The second kappa shape index (κ2) is 9.40. The Morgan fingerprint density at radius 2 is 2.10 bits per heavy atom. The van der Waals surface area contributed by atoms with Crippen LogP contribution in [0.2, 0.25) is 0 Å². The molecular weight excluding hydrogens is 362 g/mol. The van der Waals surface area contributed by atoms with Gasteiger partial charge in [-0.2, -0.15) is 0 Å². The van der Waals surface area contributed by atoms with Gasteiger partial charge in [-0.15, -0.1) is 0 Å². The maximum Gasteiger partial charge on any atom is 0.225 e. The maximum atomic E-state index is 12.8. The van der Waals surface area contributed by atoms with Crippen LogP contribution >= 0.6 is 0 Å². The molecule has 2 heterocycles. The van der Waals surface area contributed by atoms with Gasteiger partial charge < -0.3 is 10.1 Å². The van der Waals surface area contributed by atoms with Gasteiger partial charge in [0.05, 0.1) is 18.8 Å². The molecule has 1 saturated heterocycles. The fourth-order valence-corrected chi connectivity index (χ4v) is 3.89. The largest absolute Gasteiger partial charge is 0.497 e. The van der Waals surface area contributed by atoms with Gasteiger partial charge in [0.15, 0.2) is 0 Å². The number of amides is 1. The molecule has 5 heteroatoms. The number of methoxy groups -OCH3 is 1. The fraction of sp³-hybridized carbons (Fsp3) is 0.500. The fourth-order valence-electron chi connectivity index (χ4n) is 3.89. The lowest BCUT2D eigenvalue weighted by molar-refractivity contribution is -0.130.